The SMILES string of the molecule is CCOC(=O)C1=C(CSc2nccn2-c2cccc(OC)c2)NC(=O)NC1. The summed E-state index contributed by atoms with van der Waals surface area (Å²) >= 11 is 1.41. The van der Waals surface area contributed by atoms with Crippen molar-refractivity contribution in [2.45, 2.75) is 12.1 Å². The fourth-order valence-corrected chi connectivity index (χ4v) is 3.52. The number of hydrogen-bond donors (Lipinski definition) is 2. The molecule has 2 aromatic rings. The van der Waals surface area contributed by atoms with Crippen LogP contribution in [0, 0.1) is 0 Å². The van der Waals surface area contributed by atoms with Crippen LogP contribution in [0.25, 0.3) is 5.69 Å². The molecule has 0 atom stereocenters. The Kier molecular flexibility index (Phi) is 6.02. The van der Waals surface area contributed by atoms with E-state index in [1.165, 1.54) is 11.8 Å². The standard InChI is InChI=1S/C18H20N4O4S/c1-3-26-16(23)14-10-20-17(24)21-15(14)11-27-18-19-7-8-22(18)12-5-4-6-13(9-12)25-2/h4-9H,3,10-11H2,1-2H3,(H2,20,21,24). The van der Waals surface area contributed by atoms with Crippen LogP contribution in [0.5, 0.6) is 5.75 Å². The minimum Gasteiger partial charge on any atom is -0.497 e. The molecule has 8 nitrogen and oxygen atoms in total. The van der Waals surface area contributed by atoms with E-state index < -0.39 is 5.97 Å². The van der Waals surface area contributed by atoms with Crippen LogP contribution in [0.1, 0.15) is 6.92 Å². The zero-order chi connectivity index (χ0) is 19.2. The van der Waals surface area contributed by atoms with Gasteiger partial charge in [0.15, 0.2) is 5.16 Å². The van der Waals surface area contributed by atoms with Crippen LogP contribution in [-0.4, -0.2) is 47.6 Å². The molecule has 0 spiro atoms. The first kappa shape index (κ1) is 18.8. The number of carbonyl (C=O) groups is 2. The van der Waals surface area contributed by atoms with Gasteiger partial charge in [0.25, 0.3) is 0 Å². The smallest absolute Gasteiger partial charge is 0.337 e. The second-order valence-corrected chi connectivity index (χ2v) is 6.50. The number of benzene rings is 1. The number of methoxy groups -OCH3 is 1. The van der Waals surface area contributed by atoms with Crippen LogP contribution in [0.2, 0.25) is 0 Å². The van der Waals surface area contributed by atoms with Crippen LogP contribution >= 0.6 is 11.8 Å². The number of thioether (sulfide) groups is 1. The van der Waals surface area contributed by atoms with Gasteiger partial charge in [-0.15, -0.1) is 0 Å². The Balaban J connectivity index is 1.80. The topological polar surface area (TPSA) is 94.5 Å². The van der Waals surface area contributed by atoms with Gasteiger partial charge in [0, 0.05) is 29.9 Å². The van der Waals surface area contributed by atoms with Crippen molar-refractivity contribution < 1.29 is 19.1 Å². The van der Waals surface area contributed by atoms with Gasteiger partial charge in [0.2, 0.25) is 0 Å². The molecular weight excluding hydrogens is 368 g/mol. The Morgan fingerprint density at radius 1 is 1.41 bits per heavy atom. The van der Waals surface area contributed by atoms with Crippen molar-refractivity contribution >= 4 is 23.8 Å². The predicted octanol–water partition coefficient (Wildman–Crippen LogP) is 2.10. The molecular formula is C18H20N4O4S. The van der Waals surface area contributed by atoms with Gasteiger partial charge >= 0.3 is 12.0 Å². The highest BCUT2D eigenvalue weighted by atomic mass is 32.2. The number of urea groups is 1. The minimum absolute atomic E-state index is 0.144. The van der Waals surface area contributed by atoms with Gasteiger partial charge in [0.1, 0.15) is 5.75 Å². The number of rotatable bonds is 7. The first-order valence-corrected chi connectivity index (χ1v) is 9.35. The number of carbonyl (C=O) groups excluding carboxylic acids is 2. The molecule has 0 fully saturated rings. The number of amides is 2. The third-order valence-corrected chi connectivity index (χ3v) is 4.85. The Hall–Kier alpha value is -2.94. The quantitative estimate of drug-likeness (QED) is 0.557. The molecule has 27 heavy (non-hydrogen) atoms. The largest absolute Gasteiger partial charge is 0.497 e. The molecule has 2 amide bonds. The van der Waals surface area contributed by atoms with Crippen LogP contribution in [0.3, 0.4) is 0 Å². The summed E-state index contributed by atoms with van der Waals surface area (Å²) in [6, 6.07) is 7.28. The number of nitrogens with zero attached hydrogens (tertiary/aromatic N) is 2. The van der Waals surface area contributed by atoms with E-state index in [1.807, 2.05) is 35.0 Å². The minimum atomic E-state index is -0.434. The number of esters is 1. The third kappa shape index (κ3) is 4.43. The summed E-state index contributed by atoms with van der Waals surface area (Å²) in [6.45, 7) is 2.16. The average Bonchev–Trinajstić information content (AvgIpc) is 3.15. The zero-order valence-electron chi connectivity index (χ0n) is 15.0. The van der Waals surface area contributed by atoms with Crippen molar-refractivity contribution in [3.05, 3.63) is 47.9 Å². The molecule has 2 N–H and O–H groups in total. The molecule has 9 heteroatoms. The van der Waals surface area contributed by atoms with Gasteiger partial charge in [-0.05, 0) is 19.1 Å². The van der Waals surface area contributed by atoms with Crippen LogP contribution in [0.15, 0.2) is 53.1 Å². The average molecular weight is 388 g/mol. The highest BCUT2D eigenvalue weighted by Gasteiger charge is 2.24. The summed E-state index contributed by atoms with van der Waals surface area (Å²) in [6.07, 6.45) is 3.54. The Morgan fingerprint density at radius 3 is 3.04 bits per heavy atom. The summed E-state index contributed by atoms with van der Waals surface area (Å²) in [5, 5.41) is 6.02. The monoisotopic (exact) mass is 388 g/mol. The van der Waals surface area contributed by atoms with Crippen LogP contribution in [0.4, 0.5) is 4.79 Å². The molecule has 1 aliphatic rings. The van der Waals surface area contributed by atoms with Crippen molar-refractivity contribution in [2.24, 2.45) is 0 Å². The van der Waals surface area contributed by atoms with E-state index in [1.54, 1.807) is 20.2 Å². The molecule has 0 unspecified atom stereocenters. The maximum absolute atomic E-state index is 12.1. The van der Waals surface area contributed by atoms with Gasteiger partial charge < -0.3 is 20.1 Å². The van der Waals surface area contributed by atoms with Crippen molar-refractivity contribution in [1.29, 1.82) is 0 Å². The molecule has 0 bridgehead atoms. The summed E-state index contributed by atoms with van der Waals surface area (Å²) in [4.78, 5) is 28.2. The van der Waals surface area contributed by atoms with E-state index in [9.17, 15) is 9.59 Å². The lowest BCUT2D eigenvalue weighted by atomic mass is 10.2. The molecule has 0 aliphatic carbocycles. The van der Waals surface area contributed by atoms with Gasteiger partial charge in [0.05, 0.1) is 31.5 Å². The van der Waals surface area contributed by atoms with Gasteiger partial charge in [-0.25, -0.2) is 14.6 Å². The number of ether oxygens (including phenoxy) is 2. The van der Waals surface area contributed by atoms with Crippen molar-refractivity contribution in [1.82, 2.24) is 20.2 Å². The first-order chi connectivity index (χ1) is 13.1. The van der Waals surface area contributed by atoms with Crippen molar-refractivity contribution in [3.8, 4) is 11.4 Å². The molecule has 142 valence electrons. The summed E-state index contributed by atoms with van der Waals surface area (Å²) in [5.41, 5.74) is 1.86. The molecule has 1 aliphatic heterocycles. The lowest BCUT2D eigenvalue weighted by Gasteiger charge is -2.21. The van der Waals surface area contributed by atoms with Crippen LogP contribution in [-0.2, 0) is 9.53 Å². The maximum atomic E-state index is 12.1. The van der Waals surface area contributed by atoms with Crippen LogP contribution < -0.4 is 15.4 Å². The molecule has 3 rings (SSSR count). The normalized spacial score (nSPS) is 13.8. The fourth-order valence-electron chi connectivity index (χ4n) is 2.56. The summed E-state index contributed by atoms with van der Waals surface area (Å²) in [5.74, 6) is 0.689. The summed E-state index contributed by atoms with van der Waals surface area (Å²) < 4.78 is 12.3. The van der Waals surface area contributed by atoms with E-state index in [0.29, 0.717) is 17.0 Å². The lowest BCUT2D eigenvalue weighted by molar-refractivity contribution is -0.138. The Morgan fingerprint density at radius 2 is 2.26 bits per heavy atom. The zero-order valence-corrected chi connectivity index (χ0v) is 15.8. The Bertz CT molecular complexity index is 878. The molecule has 2 heterocycles. The third-order valence-electron chi connectivity index (χ3n) is 3.86. The maximum Gasteiger partial charge on any atom is 0.337 e. The number of hydrogen-bond acceptors (Lipinski definition) is 6. The molecule has 1 aromatic heterocycles. The highest BCUT2D eigenvalue weighted by Crippen LogP contribution is 2.25. The second-order valence-electron chi connectivity index (χ2n) is 5.56. The van der Waals surface area contributed by atoms with E-state index in [0.717, 1.165) is 16.6 Å². The highest BCUT2D eigenvalue weighted by molar-refractivity contribution is 7.99. The molecule has 0 saturated carbocycles. The van der Waals surface area contributed by atoms with E-state index in [2.05, 4.69) is 15.6 Å². The number of aromatic nitrogens is 2. The Labute approximate surface area is 160 Å². The van der Waals surface area contributed by atoms with Gasteiger partial charge in [-0.2, -0.15) is 0 Å². The van der Waals surface area contributed by atoms with Gasteiger partial charge in [-0.1, -0.05) is 17.8 Å². The first-order valence-electron chi connectivity index (χ1n) is 8.37. The lowest BCUT2D eigenvalue weighted by Crippen LogP contribution is -2.44. The second kappa shape index (κ2) is 8.63. The van der Waals surface area contributed by atoms with Gasteiger partial charge in [-0.3, -0.25) is 4.57 Å². The predicted molar refractivity (Wildman–Crippen MR) is 101 cm³/mol. The number of imidazole rings is 1. The van der Waals surface area contributed by atoms with E-state index >= 15 is 0 Å². The molecule has 0 saturated heterocycles. The number of nitrogens with one attached hydrogen (secondary N) is 2. The van der Waals surface area contributed by atoms with E-state index in [4.69, 9.17) is 9.47 Å². The summed E-state index contributed by atoms with van der Waals surface area (Å²) in [7, 11) is 1.62. The van der Waals surface area contributed by atoms with Crippen molar-refractivity contribution in [3.63, 3.8) is 0 Å². The van der Waals surface area contributed by atoms with E-state index in [-0.39, 0.29) is 19.2 Å². The fraction of sp³-hybridized carbons (Fsp3) is 0.278. The van der Waals surface area contributed by atoms with Crippen molar-refractivity contribution in [2.75, 3.05) is 26.0 Å². The molecule has 0 radical (unpaired) electrons. The molecule has 1 aromatic carbocycles.